The molecule has 0 heterocycles. The van der Waals surface area contributed by atoms with Gasteiger partial charge in [-0.05, 0) is 44.6 Å². The first-order chi connectivity index (χ1) is 11.7. The summed E-state index contributed by atoms with van der Waals surface area (Å²) < 4.78 is 5.62. The zero-order valence-electron chi connectivity index (χ0n) is 14.9. The molecule has 1 fully saturated rings. The van der Waals surface area contributed by atoms with E-state index in [9.17, 15) is 5.11 Å². The fraction of sp³-hybridized carbons (Fsp3) is 0.632. The van der Waals surface area contributed by atoms with E-state index in [-0.39, 0.29) is 0 Å². The molecule has 0 bridgehead atoms. The quantitative estimate of drug-likeness (QED) is 0.349. The highest BCUT2D eigenvalue weighted by Gasteiger charge is 2.20. The number of rotatable bonds is 10. The smallest absolute Gasteiger partial charge is 0.191 e. The Bertz CT molecular complexity index is 498. The van der Waals surface area contributed by atoms with E-state index in [0.29, 0.717) is 6.54 Å². The summed E-state index contributed by atoms with van der Waals surface area (Å²) in [5.41, 5.74) is 2.09. The Labute approximate surface area is 145 Å². The van der Waals surface area contributed by atoms with Crippen LogP contribution in [-0.2, 0) is 4.74 Å². The Balaban J connectivity index is 1.69. The van der Waals surface area contributed by atoms with Crippen molar-refractivity contribution in [3.8, 4) is 0 Å². The van der Waals surface area contributed by atoms with Crippen LogP contribution < -0.4 is 10.6 Å². The van der Waals surface area contributed by atoms with Crippen LogP contribution in [0.1, 0.15) is 43.4 Å². The lowest BCUT2D eigenvalue weighted by Crippen LogP contribution is -2.38. The summed E-state index contributed by atoms with van der Waals surface area (Å²) in [5, 5.41) is 16.7. The summed E-state index contributed by atoms with van der Waals surface area (Å²) >= 11 is 0. The molecule has 0 saturated heterocycles. The van der Waals surface area contributed by atoms with E-state index in [1.165, 1.54) is 18.4 Å². The third-order valence-electron chi connectivity index (χ3n) is 4.04. The maximum atomic E-state index is 10.2. The number of aliphatic hydroxyl groups excluding tert-OH is 1. The predicted octanol–water partition coefficient (Wildman–Crippen LogP) is 2.40. The number of benzene rings is 1. The van der Waals surface area contributed by atoms with Crippen LogP contribution in [0.5, 0.6) is 0 Å². The first kappa shape index (κ1) is 18.7. The van der Waals surface area contributed by atoms with E-state index >= 15 is 0 Å². The molecule has 1 aromatic rings. The lowest BCUT2D eigenvalue weighted by molar-refractivity contribution is 0.123. The minimum absolute atomic E-state index is 0.344. The second-order valence-corrected chi connectivity index (χ2v) is 6.44. The van der Waals surface area contributed by atoms with Crippen LogP contribution in [0.4, 0.5) is 0 Å². The van der Waals surface area contributed by atoms with Crippen LogP contribution in [0.15, 0.2) is 29.3 Å². The van der Waals surface area contributed by atoms with Crippen LogP contribution in [0, 0.1) is 12.8 Å². The molecule has 0 amide bonds. The molecule has 1 unspecified atom stereocenters. The number of nitrogens with one attached hydrogen (secondary N) is 2. The van der Waals surface area contributed by atoms with Crippen molar-refractivity contribution in [1.29, 1.82) is 0 Å². The Morgan fingerprint density at radius 1 is 1.29 bits per heavy atom. The van der Waals surface area contributed by atoms with Crippen molar-refractivity contribution in [2.24, 2.45) is 10.9 Å². The minimum atomic E-state index is -0.581. The van der Waals surface area contributed by atoms with Gasteiger partial charge in [-0.2, -0.15) is 0 Å². The zero-order valence-corrected chi connectivity index (χ0v) is 14.9. The molecule has 1 saturated carbocycles. The normalized spacial score (nSPS) is 16.0. The minimum Gasteiger partial charge on any atom is -0.386 e. The molecule has 24 heavy (non-hydrogen) atoms. The van der Waals surface area contributed by atoms with Gasteiger partial charge in [0.2, 0.25) is 0 Å². The highest BCUT2D eigenvalue weighted by molar-refractivity contribution is 5.79. The van der Waals surface area contributed by atoms with Gasteiger partial charge in [0.25, 0.3) is 0 Å². The highest BCUT2D eigenvalue weighted by Crippen LogP contribution is 2.28. The van der Waals surface area contributed by atoms with Gasteiger partial charge in [-0.25, -0.2) is 0 Å². The number of nitrogens with zero attached hydrogens (tertiary/aromatic N) is 1. The Hall–Kier alpha value is -1.59. The SMILES string of the molecule is CCNC(=NCC(O)c1ccc(C)cc1)NCCCOCC1CC1. The summed E-state index contributed by atoms with van der Waals surface area (Å²) in [6.45, 7) is 7.73. The topological polar surface area (TPSA) is 65.9 Å². The largest absolute Gasteiger partial charge is 0.386 e. The van der Waals surface area contributed by atoms with Crippen molar-refractivity contribution in [2.45, 2.75) is 39.2 Å². The van der Waals surface area contributed by atoms with Crippen molar-refractivity contribution < 1.29 is 9.84 Å². The van der Waals surface area contributed by atoms with Gasteiger partial charge in [0.05, 0.1) is 12.6 Å². The number of aliphatic hydroxyl groups is 1. The van der Waals surface area contributed by atoms with Gasteiger partial charge in [-0.1, -0.05) is 29.8 Å². The van der Waals surface area contributed by atoms with Gasteiger partial charge in [0.15, 0.2) is 5.96 Å². The summed E-state index contributed by atoms with van der Waals surface area (Å²) in [5.74, 6) is 1.56. The molecule has 2 rings (SSSR count). The van der Waals surface area contributed by atoms with E-state index in [2.05, 4.69) is 15.6 Å². The van der Waals surface area contributed by atoms with Gasteiger partial charge in [-0.3, -0.25) is 4.99 Å². The van der Waals surface area contributed by atoms with Crippen LogP contribution >= 0.6 is 0 Å². The molecule has 5 heteroatoms. The van der Waals surface area contributed by atoms with E-state index in [1.807, 2.05) is 38.1 Å². The van der Waals surface area contributed by atoms with Gasteiger partial charge < -0.3 is 20.5 Å². The van der Waals surface area contributed by atoms with Gasteiger partial charge in [-0.15, -0.1) is 0 Å². The monoisotopic (exact) mass is 333 g/mol. The summed E-state index contributed by atoms with van der Waals surface area (Å²) in [7, 11) is 0. The number of hydrogen-bond acceptors (Lipinski definition) is 3. The number of aliphatic imine (C=N–C) groups is 1. The maximum Gasteiger partial charge on any atom is 0.191 e. The molecule has 0 radical (unpaired) electrons. The zero-order chi connectivity index (χ0) is 17.2. The van der Waals surface area contributed by atoms with Gasteiger partial charge >= 0.3 is 0 Å². The lowest BCUT2D eigenvalue weighted by Gasteiger charge is -2.13. The van der Waals surface area contributed by atoms with E-state index in [4.69, 9.17) is 4.74 Å². The van der Waals surface area contributed by atoms with E-state index in [1.54, 1.807) is 0 Å². The molecular formula is C19H31N3O2. The van der Waals surface area contributed by atoms with Crippen LogP contribution in [0.25, 0.3) is 0 Å². The van der Waals surface area contributed by atoms with Crippen molar-refractivity contribution >= 4 is 5.96 Å². The first-order valence-electron chi connectivity index (χ1n) is 9.03. The molecule has 1 aliphatic carbocycles. The molecule has 1 aromatic carbocycles. The molecular weight excluding hydrogens is 302 g/mol. The Morgan fingerprint density at radius 2 is 2.04 bits per heavy atom. The number of ether oxygens (including phenoxy) is 1. The van der Waals surface area contributed by atoms with Crippen LogP contribution in [0.2, 0.25) is 0 Å². The average Bonchev–Trinajstić information content (AvgIpc) is 3.40. The second kappa shape index (κ2) is 10.3. The summed E-state index contributed by atoms with van der Waals surface area (Å²) in [4.78, 5) is 4.47. The predicted molar refractivity (Wildman–Crippen MR) is 98.3 cm³/mol. The third kappa shape index (κ3) is 7.32. The second-order valence-electron chi connectivity index (χ2n) is 6.44. The van der Waals surface area contributed by atoms with E-state index < -0.39 is 6.10 Å². The fourth-order valence-corrected chi connectivity index (χ4v) is 2.33. The number of guanidine groups is 1. The third-order valence-corrected chi connectivity index (χ3v) is 4.04. The van der Waals surface area contributed by atoms with Crippen molar-refractivity contribution in [1.82, 2.24) is 10.6 Å². The van der Waals surface area contributed by atoms with Crippen LogP contribution in [0.3, 0.4) is 0 Å². The number of hydrogen-bond donors (Lipinski definition) is 3. The standard InChI is InChI=1S/C19H31N3O2/c1-3-20-19(21-11-4-12-24-14-16-7-8-16)22-13-18(23)17-9-5-15(2)6-10-17/h5-6,9-10,16,18,23H,3-4,7-8,11-14H2,1-2H3,(H2,20,21,22). The Kier molecular flexibility index (Phi) is 8.05. The molecule has 0 aromatic heterocycles. The highest BCUT2D eigenvalue weighted by atomic mass is 16.5. The molecule has 1 atom stereocenters. The van der Waals surface area contributed by atoms with Gasteiger partial charge in [0.1, 0.15) is 0 Å². The molecule has 1 aliphatic rings. The molecule has 5 nitrogen and oxygen atoms in total. The van der Waals surface area contributed by atoms with Crippen LogP contribution in [-0.4, -0.2) is 43.9 Å². The number of aryl methyl sites for hydroxylation is 1. The lowest BCUT2D eigenvalue weighted by atomic mass is 10.1. The average molecular weight is 333 g/mol. The molecule has 3 N–H and O–H groups in total. The summed E-state index contributed by atoms with van der Waals surface area (Å²) in [6, 6.07) is 7.92. The van der Waals surface area contributed by atoms with Crippen molar-refractivity contribution in [3.63, 3.8) is 0 Å². The van der Waals surface area contributed by atoms with Crippen molar-refractivity contribution in [3.05, 3.63) is 35.4 Å². The fourth-order valence-electron chi connectivity index (χ4n) is 2.33. The molecule has 0 spiro atoms. The van der Waals surface area contributed by atoms with Gasteiger partial charge in [0, 0.05) is 26.3 Å². The molecule has 134 valence electrons. The maximum absolute atomic E-state index is 10.2. The summed E-state index contributed by atoms with van der Waals surface area (Å²) in [6.07, 6.45) is 3.04. The first-order valence-corrected chi connectivity index (χ1v) is 9.03. The van der Waals surface area contributed by atoms with E-state index in [0.717, 1.165) is 50.2 Å². The molecule has 0 aliphatic heterocycles. The van der Waals surface area contributed by atoms with Crippen molar-refractivity contribution in [2.75, 3.05) is 32.8 Å². The Morgan fingerprint density at radius 3 is 2.71 bits per heavy atom.